The van der Waals surface area contributed by atoms with Gasteiger partial charge >= 0.3 is 6.36 Å². The summed E-state index contributed by atoms with van der Waals surface area (Å²) in [6.07, 6.45) is -2.85. The Morgan fingerprint density at radius 1 is 1.10 bits per heavy atom. The van der Waals surface area contributed by atoms with E-state index in [1.165, 1.54) is 12.1 Å². The molecule has 1 aromatic rings. The lowest BCUT2D eigenvalue weighted by Gasteiger charge is -2.25. The second-order valence-electron chi connectivity index (χ2n) is 5.97. The number of aliphatic hydroxyl groups excluding tert-OH is 1. The lowest BCUT2D eigenvalue weighted by Crippen LogP contribution is -2.25. The van der Waals surface area contributed by atoms with E-state index < -0.39 is 6.36 Å². The number of hydrogen-bond donors (Lipinski definition) is 1. The molecule has 0 aliphatic rings. The summed E-state index contributed by atoms with van der Waals surface area (Å²) in [6.45, 7) is 5.92. The third kappa shape index (κ3) is 6.28. The zero-order chi connectivity index (χ0) is 15.4. The number of hydrogen-bond acceptors (Lipinski definition) is 2. The van der Waals surface area contributed by atoms with Crippen LogP contribution in [0.5, 0.6) is 5.75 Å². The fourth-order valence-electron chi connectivity index (χ4n) is 1.79. The molecular formula is C15H21F3O2. The molecule has 1 aromatic carbocycles. The fraction of sp³-hybridized carbons (Fsp3) is 0.600. The summed E-state index contributed by atoms with van der Waals surface area (Å²) < 4.78 is 39.8. The Balaban J connectivity index is 2.43. The molecule has 1 atom stereocenters. The topological polar surface area (TPSA) is 29.5 Å². The van der Waals surface area contributed by atoms with Gasteiger partial charge in [-0.3, -0.25) is 0 Å². The van der Waals surface area contributed by atoms with Gasteiger partial charge in [0.2, 0.25) is 0 Å². The van der Waals surface area contributed by atoms with Crippen molar-refractivity contribution in [3.8, 4) is 5.75 Å². The SMILES string of the molecule is CC(C)(C)C(O)CCCc1ccc(OC(F)(F)F)cc1. The van der Waals surface area contributed by atoms with Crippen molar-refractivity contribution >= 4 is 0 Å². The standard InChI is InChI=1S/C15H21F3O2/c1-14(2,3)13(19)6-4-5-11-7-9-12(10-8-11)20-15(16,17)18/h7-10,13,19H,4-6H2,1-3H3. The summed E-state index contributed by atoms with van der Waals surface area (Å²) in [5.74, 6) is -0.212. The molecule has 1 N–H and O–H groups in total. The molecule has 0 aliphatic carbocycles. The average Bonchev–Trinajstić information content (AvgIpc) is 2.28. The normalized spacial score (nSPS) is 14.2. The van der Waals surface area contributed by atoms with Crippen molar-refractivity contribution in [3.63, 3.8) is 0 Å². The molecule has 2 nitrogen and oxygen atoms in total. The van der Waals surface area contributed by atoms with Crippen molar-refractivity contribution in [2.75, 3.05) is 0 Å². The number of ether oxygens (including phenoxy) is 1. The van der Waals surface area contributed by atoms with Crippen LogP contribution in [-0.4, -0.2) is 17.6 Å². The van der Waals surface area contributed by atoms with Crippen LogP contribution in [0.25, 0.3) is 0 Å². The number of alkyl halides is 3. The van der Waals surface area contributed by atoms with Crippen molar-refractivity contribution in [2.45, 2.75) is 52.5 Å². The molecule has 0 aromatic heterocycles. The predicted octanol–water partition coefficient (Wildman–Crippen LogP) is 4.31. The van der Waals surface area contributed by atoms with Crippen molar-refractivity contribution in [1.82, 2.24) is 0 Å². The minimum atomic E-state index is -4.65. The van der Waals surface area contributed by atoms with E-state index in [0.29, 0.717) is 6.42 Å². The van der Waals surface area contributed by atoms with Crippen LogP contribution < -0.4 is 4.74 Å². The number of aryl methyl sites for hydroxylation is 1. The summed E-state index contributed by atoms with van der Waals surface area (Å²) >= 11 is 0. The van der Waals surface area contributed by atoms with Crippen LogP contribution in [0.4, 0.5) is 13.2 Å². The number of halogens is 3. The highest BCUT2D eigenvalue weighted by atomic mass is 19.4. The third-order valence-corrected chi connectivity index (χ3v) is 3.10. The highest BCUT2D eigenvalue weighted by molar-refractivity contribution is 5.27. The van der Waals surface area contributed by atoms with Gasteiger partial charge in [-0.05, 0) is 42.4 Å². The number of rotatable bonds is 5. The Morgan fingerprint density at radius 2 is 1.65 bits per heavy atom. The zero-order valence-corrected chi connectivity index (χ0v) is 12.0. The first kappa shape index (κ1) is 16.8. The van der Waals surface area contributed by atoms with E-state index in [1.54, 1.807) is 12.1 Å². The van der Waals surface area contributed by atoms with Crippen LogP contribution in [0.2, 0.25) is 0 Å². The molecular weight excluding hydrogens is 269 g/mol. The third-order valence-electron chi connectivity index (χ3n) is 3.10. The largest absolute Gasteiger partial charge is 0.573 e. The molecule has 0 saturated carbocycles. The van der Waals surface area contributed by atoms with Gasteiger partial charge in [0.05, 0.1) is 6.10 Å². The summed E-state index contributed by atoms with van der Waals surface area (Å²) in [6, 6.07) is 5.85. The molecule has 0 spiro atoms. The summed E-state index contributed by atoms with van der Waals surface area (Å²) in [5.41, 5.74) is 0.783. The molecule has 20 heavy (non-hydrogen) atoms. The van der Waals surface area contributed by atoms with Crippen molar-refractivity contribution in [2.24, 2.45) is 5.41 Å². The highest BCUT2D eigenvalue weighted by Gasteiger charge is 2.30. The smallest absolute Gasteiger partial charge is 0.406 e. The number of benzene rings is 1. The molecule has 0 bridgehead atoms. The molecule has 5 heteroatoms. The maximum absolute atomic E-state index is 12.0. The minimum Gasteiger partial charge on any atom is -0.406 e. The predicted molar refractivity (Wildman–Crippen MR) is 71.5 cm³/mol. The Labute approximate surface area is 117 Å². The Hall–Kier alpha value is -1.23. The summed E-state index contributed by atoms with van der Waals surface area (Å²) in [5, 5.41) is 9.89. The van der Waals surface area contributed by atoms with E-state index in [2.05, 4.69) is 4.74 Å². The van der Waals surface area contributed by atoms with Gasteiger partial charge in [0, 0.05) is 0 Å². The Morgan fingerprint density at radius 3 is 2.10 bits per heavy atom. The van der Waals surface area contributed by atoms with E-state index in [-0.39, 0.29) is 17.3 Å². The molecule has 1 unspecified atom stereocenters. The van der Waals surface area contributed by atoms with Gasteiger partial charge in [-0.15, -0.1) is 13.2 Å². The molecule has 0 heterocycles. The second kappa shape index (κ2) is 6.48. The summed E-state index contributed by atoms with van der Waals surface area (Å²) in [7, 11) is 0. The maximum Gasteiger partial charge on any atom is 0.573 e. The van der Waals surface area contributed by atoms with E-state index in [9.17, 15) is 18.3 Å². The Bertz CT molecular complexity index is 405. The van der Waals surface area contributed by atoms with Gasteiger partial charge in [-0.25, -0.2) is 0 Å². The van der Waals surface area contributed by atoms with Gasteiger partial charge < -0.3 is 9.84 Å². The molecule has 0 saturated heterocycles. The second-order valence-corrected chi connectivity index (χ2v) is 5.97. The van der Waals surface area contributed by atoms with Crippen LogP contribution in [0.15, 0.2) is 24.3 Å². The van der Waals surface area contributed by atoms with Gasteiger partial charge in [0.15, 0.2) is 0 Å². The molecule has 0 fully saturated rings. The first-order chi connectivity index (χ1) is 9.08. The van der Waals surface area contributed by atoms with E-state index in [0.717, 1.165) is 18.4 Å². The maximum atomic E-state index is 12.0. The van der Waals surface area contributed by atoms with Crippen LogP contribution in [0.1, 0.15) is 39.2 Å². The number of aliphatic hydroxyl groups is 1. The van der Waals surface area contributed by atoms with E-state index in [4.69, 9.17) is 0 Å². The molecule has 0 radical (unpaired) electrons. The first-order valence-electron chi connectivity index (χ1n) is 6.61. The van der Waals surface area contributed by atoms with Gasteiger partial charge in [-0.2, -0.15) is 0 Å². The molecule has 0 amide bonds. The Kier molecular flexibility index (Phi) is 5.45. The molecule has 0 aliphatic heterocycles. The van der Waals surface area contributed by atoms with Crippen LogP contribution in [0, 0.1) is 5.41 Å². The van der Waals surface area contributed by atoms with Gasteiger partial charge in [-0.1, -0.05) is 32.9 Å². The quantitative estimate of drug-likeness (QED) is 0.875. The van der Waals surface area contributed by atoms with E-state index in [1.807, 2.05) is 20.8 Å². The van der Waals surface area contributed by atoms with Crippen molar-refractivity contribution in [1.29, 1.82) is 0 Å². The van der Waals surface area contributed by atoms with Gasteiger partial charge in [0.1, 0.15) is 5.75 Å². The van der Waals surface area contributed by atoms with E-state index >= 15 is 0 Å². The van der Waals surface area contributed by atoms with Crippen LogP contribution in [0.3, 0.4) is 0 Å². The van der Waals surface area contributed by atoms with Gasteiger partial charge in [0.25, 0.3) is 0 Å². The monoisotopic (exact) mass is 290 g/mol. The highest BCUT2D eigenvalue weighted by Crippen LogP contribution is 2.25. The molecule has 114 valence electrons. The lowest BCUT2D eigenvalue weighted by atomic mass is 9.86. The summed E-state index contributed by atoms with van der Waals surface area (Å²) in [4.78, 5) is 0. The first-order valence-corrected chi connectivity index (χ1v) is 6.61. The van der Waals surface area contributed by atoms with Crippen molar-refractivity contribution < 1.29 is 23.0 Å². The lowest BCUT2D eigenvalue weighted by molar-refractivity contribution is -0.274. The van der Waals surface area contributed by atoms with Crippen LogP contribution >= 0.6 is 0 Å². The fourth-order valence-corrected chi connectivity index (χ4v) is 1.79. The molecule has 1 rings (SSSR count). The average molecular weight is 290 g/mol. The van der Waals surface area contributed by atoms with Crippen LogP contribution in [-0.2, 0) is 6.42 Å². The minimum absolute atomic E-state index is 0.148. The van der Waals surface area contributed by atoms with Crippen molar-refractivity contribution in [3.05, 3.63) is 29.8 Å². The zero-order valence-electron chi connectivity index (χ0n) is 12.0.